The fraction of sp³-hybridized carbons (Fsp3) is 0.667. The maximum Gasteiger partial charge on any atom is 0.407 e. The van der Waals surface area contributed by atoms with E-state index in [0.717, 1.165) is 60.3 Å². The quantitative estimate of drug-likeness (QED) is 0.0559. The molecule has 0 saturated carbocycles. The summed E-state index contributed by atoms with van der Waals surface area (Å²) in [5.41, 5.74) is 6.95. The fourth-order valence-electron chi connectivity index (χ4n) is 11.1. The van der Waals surface area contributed by atoms with Gasteiger partial charge in [-0.3, -0.25) is 38.9 Å². The summed E-state index contributed by atoms with van der Waals surface area (Å²) in [6.07, 6.45) is -2.54. The Balaban J connectivity index is 1.47. The molecule has 85 heavy (non-hydrogen) atoms. The number of phenols is 1. The third-order valence-electron chi connectivity index (χ3n) is 16.1. The van der Waals surface area contributed by atoms with E-state index in [0.29, 0.717) is 23.8 Å². The lowest BCUT2D eigenvalue weighted by Gasteiger charge is -2.34. The molecule has 3 fully saturated rings. The van der Waals surface area contributed by atoms with Crippen molar-refractivity contribution in [2.75, 3.05) is 32.7 Å². The van der Waals surface area contributed by atoms with Crippen molar-refractivity contribution in [3.8, 4) is 5.75 Å². The van der Waals surface area contributed by atoms with E-state index in [4.69, 9.17) is 10.5 Å². The number of benzene rings is 2. The Hall–Kier alpha value is -6.48. The summed E-state index contributed by atoms with van der Waals surface area (Å²) in [6.45, 7) is 6.97. The third kappa shape index (κ3) is 22.1. The summed E-state index contributed by atoms with van der Waals surface area (Å²) < 4.78 is 5.33. The number of unbranched alkanes of at least 4 members (excludes halogenated alkanes) is 5. The predicted molar refractivity (Wildman–Crippen MR) is 313 cm³/mol. The van der Waals surface area contributed by atoms with Crippen molar-refractivity contribution in [2.45, 2.75) is 210 Å². The Bertz CT molecular complexity index is 2460. The van der Waals surface area contributed by atoms with Crippen LogP contribution in [0.4, 0.5) is 4.79 Å². The molecule has 5 rings (SSSR count). The van der Waals surface area contributed by atoms with Crippen LogP contribution in [-0.2, 0) is 51.3 Å². The topological polar surface area (TPSA) is 384 Å². The van der Waals surface area contributed by atoms with Crippen LogP contribution < -0.4 is 43.0 Å². The number of fused-ring (bicyclic) bond motifs is 2. The summed E-state index contributed by atoms with van der Waals surface area (Å²) in [7, 11) is 0. The van der Waals surface area contributed by atoms with Crippen LogP contribution in [0.3, 0.4) is 0 Å². The Kier molecular flexibility index (Phi) is 28.7. The first-order valence-corrected chi connectivity index (χ1v) is 30.3. The zero-order valence-corrected chi connectivity index (χ0v) is 49.7. The normalized spacial score (nSPS) is 25.6. The maximum absolute atomic E-state index is 14.8. The minimum atomic E-state index is -1.96. The molecule has 2 aromatic carbocycles. The summed E-state index contributed by atoms with van der Waals surface area (Å²) in [5.74, 6) is -5.47. The van der Waals surface area contributed by atoms with Crippen LogP contribution in [0.15, 0.2) is 54.6 Å². The molecule has 0 radical (unpaired) electrons. The number of carbonyl (C=O) groups excluding carboxylic acids is 8. The highest BCUT2D eigenvalue weighted by atomic mass is 16.5. The number of aliphatic hydroxyl groups is 5. The number of phenolic OH excluding ortho intramolecular Hbond substituents is 1. The molecule has 3 heterocycles. The number of nitrogens with zero attached hydrogens (tertiary/aromatic N) is 2. The average Bonchev–Trinajstić information content (AvgIpc) is 3.25. The van der Waals surface area contributed by atoms with Crippen molar-refractivity contribution in [3.05, 3.63) is 65.7 Å². The summed E-state index contributed by atoms with van der Waals surface area (Å²) in [5, 5.41) is 85.5. The van der Waals surface area contributed by atoms with Crippen LogP contribution in [0.25, 0.3) is 0 Å². The number of amides is 8. The molecule has 0 bridgehead atoms. The number of nitrogens with two attached hydrogens (primary N) is 1. The van der Waals surface area contributed by atoms with Crippen LogP contribution >= 0.6 is 0 Å². The summed E-state index contributed by atoms with van der Waals surface area (Å²) in [6, 6.07) is 4.21. The van der Waals surface area contributed by atoms with Gasteiger partial charge < -0.3 is 82.8 Å². The lowest BCUT2D eigenvalue weighted by molar-refractivity contribution is -0.147. The number of ether oxygens (including phenoxy) is 1. The van der Waals surface area contributed by atoms with E-state index in [1.54, 1.807) is 24.3 Å². The highest BCUT2D eigenvalue weighted by molar-refractivity contribution is 5.98. The van der Waals surface area contributed by atoms with Gasteiger partial charge in [-0.25, -0.2) is 4.79 Å². The van der Waals surface area contributed by atoms with E-state index >= 15 is 0 Å². The minimum Gasteiger partial charge on any atom is -0.508 e. The molecular formula is C60H94N10O15. The Morgan fingerprint density at radius 1 is 0.706 bits per heavy atom. The van der Waals surface area contributed by atoms with Crippen LogP contribution in [0.1, 0.15) is 135 Å². The number of alkyl carbamates (subject to hydrolysis) is 1. The Labute approximate surface area is 498 Å². The van der Waals surface area contributed by atoms with Gasteiger partial charge in [-0.1, -0.05) is 108 Å². The van der Waals surface area contributed by atoms with Crippen molar-refractivity contribution < 1.29 is 73.7 Å². The summed E-state index contributed by atoms with van der Waals surface area (Å²) in [4.78, 5) is 116. The van der Waals surface area contributed by atoms with Crippen molar-refractivity contribution >= 4 is 47.4 Å². The standard InChI is InChI=1S/C60H94N10O15/c1-5-36(2)31-37(3)15-11-8-6-7-9-14-18-49(77)64-43-23-24-48(62-28-29-63-60(84)85-35-40-16-12-10-13-17-40)65-57(81)53-46(75)26-30-69(53)59(83)52(45(74)25-27-61)68-56(80)51(47(76)32-39-19-21-41(72)22-20-39)67-55(79)44-33-42(73)34-70(44)58(82)50(38(4)71)66-54(43)78/h10,12-13,16-17,19-22,36-38,42-48,50-53,62,71-76H,5-9,11,14-15,18,23-35,61H2,1-4H3,(H,63,84)(H,64,77)(H,65,81)(H,66,78)(H,67,79)(H,68,80). The Morgan fingerprint density at radius 3 is 2.05 bits per heavy atom. The lowest BCUT2D eigenvalue weighted by atomic mass is 9.91. The number of aliphatic hydroxyl groups excluding tert-OH is 5. The van der Waals surface area contributed by atoms with E-state index in [9.17, 15) is 69.0 Å². The second-order valence-corrected chi connectivity index (χ2v) is 23.2. The number of nitrogens with one attached hydrogen (secondary N) is 7. The van der Waals surface area contributed by atoms with Crippen molar-refractivity contribution in [1.82, 2.24) is 47.0 Å². The molecule has 14 atom stereocenters. The number of hydrogen-bond donors (Lipinski definition) is 14. The van der Waals surface area contributed by atoms with E-state index in [-0.39, 0.29) is 77.1 Å². The number of carbonyl (C=O) groups is 8. The van der Waals surface area contributed by atoms with Crippen molar-refractivity contribution in [2.24, 2.45) is 17.6 Å². The number of rotatable bonds is 26. The first-order valence-electron chi connectivity index (χ1n) is 30.3. The average molecular weight is 1200 g/mol. The second-order valence-electron chi connectivity index (χ2n) is 23.2. The first kappa shape index (κ1) is 69.3. The second kappa shape index (κ2) is 35.2. The molecule has 474 valence electrons. The molecule has 8 amide bonds. The predicted octanol–water partition coefficient (Wildman–Crippen LogP) is 0.194. The number of hydrogen-bond acceptors (Lipinski definition) is 17. The molecule has 3 saturated heterocycles. The van der Waals surface area contributed by atoms with E-state index in [1.165, 1.54) is 37.6 Å². The molecule has 25 nitrogen and oxygen atoms in total. The molecule has 14 unspecified atom stereocenters. The fourth-order valence-corrected chi connectivity index (χ4v) is 11.1. The van der Waals surface area contributed by atoms with Crippen molar-refractivity contribution in [3.63, 3.8) is 0 Å². The molecular weight excluding hydrogens is 1100 g/mol. The van der Waals surface area contributed by atoms with Crippen molar-refractivity contribution in [1.29, 1.82) is 0 Å². The maximum atomic E-state index is 14.8. The smallest absolute Gasteiger partial charge is 0.407 e. The Morgan fingerprint density at radius 2 is 1.36 bits per heavy atom. The van der Waals surface area contributed by atoms with Gasteiger partial charge >= 0.3 is 6.09 Å². The minimum absolute atomic E-state index is 0.0144. The van der Waals surface area contributed by atoms with Gasteiger partial charge in [0.25, 0.3) is 0 Å². The van der Waals surface area contributed by atoms with Crippen LogP contribution in [-0.4, -0.2) is 194 Å². The van der Waals surface area contributed by atoms with Gasteiger partial charge in [-0.15, -0.1) is 0 Å². The van der Waals surface area contributed by atoms with Gasteiger partial charge in [-0.2, -0.15) is 0 Å². The molecule has 3 aliphatic rings. The zero-order chi connectivity index (χ0) is 62.2. The molecule has 0 aromatic heterocycles. The van der Waals surface area contributed by atoms with E-state index in [1.807, 2.05) is 6.07 Å². The SMILES string of the molecule is CCC(C)CC(C)CCCCCCCCC(=O)NC1CCC(NCCNC(=O)OCc2ccccc2)NC(=O)C2C(O)CCN2C(=O)C(C(O)CCN)NC(=O)C(C(O)Cc2ccc(O)cc2)NC(=O)C2CC(O)CN2C(=O)C(C(C)O)NC1=O. The van der Waals surface area contributed by atoms with E-state index in [2.05, 4.69) is 58.0 Å². The molecule has 15 N–H and O–H groups in total. The molecule has 3 aliphatic heterocycles. The van der Waals surface area contributed by atoms with Crippen LogP contribution in [0.2, 0.25) is 0 Å². The van der Waals surface area contributed by atoms with Gasteiger partial charge in [0.05, 0.1) is 36.7 Å². The van der Waals surface area contributed by atoms with Gasteiger partial charge in [-0.05, 0) is 87.1 Å². The molecule has 0 spiro atoms. The first-order chi connectivity index (χ1) is 40.6. The zero-order valence-electron chi connectivity index (χ0n) is 49.7. The lowest BCUT2D eigenvalue weighted by Crippen LogP contribution is -2.64. The highest BCUT2D eigenvalue weighted by Gasteiger charge is 2.48. The van der Waals surface area contributed by atoms with E-state index < -0.39 is 133 Å². The molecule has 25 heteroatoms. The van der Waals surface area contributed by atoms with Crippen LogP contribution in [0.5, 0.6) is 5.75 Å². The number of aromatic hydroxyl groups is 1. The monoisotopic (exact) mass is 1190 g/mol. The van der Waals surface area contributed by atoms with Gasteiger partial charge in [0.2, 0.25) is 41.4 Å². The molecule has 0 aliphatic carbocycles. The third-order valence-corrected chi connectivity index (χ3v) is 16.1. The molecule has 2 aromatic rings. The largest absolute Gasteiger partial charge is 0.508 e. The highest BCUT2D eigenvalue weighted by Crippen LogP contribution is 2.25. The van der Waals surface area contributed by atoms with Crippen LogP contribution in [0, 0.1) is 11.8 Å². The van der Waals surface area contributed by atoms with Gasteiger partial charge in [0.15, 0.2) is 0 Å². The summed E-state index contributed by atoms with van der Waals surface area (Å²) >= 11 is 0. The van der Waals surface area contributed by atoms with Gasteiger partial charge in [0.1, 0.15) is 48.6 Å². The van der Waals surface area contributed by atoms with Gasteiger partial charge in [0, 0.05) is 45.4 Å².